The van der Waals surface area contributed by atoms with Gasteiger partial charge in [0.25, 0.3) is 0 Å². The lowest BCUT2D eigenvalue weighted by Gasteiger charge is -2.23. The molecule has 0 N–H and O–H groups in total. The molecule has 0 heterocycles. The van der Waals surface area contributed by atoms with E-state index in [1.165, 1.54) is 0 Å². The summed E-state index contributed by atoms with van der Waals surface area (Å²) in [6.07, 6.45) is -13.0. The van der Waals surface area contributed by atoms with Crippen molar-refractivity contribution in [3.05, 3.63) is 0 Å². The van der Waals surface area contributed by atoms with Gasteiger partial charge in [-0.1, -0.05) is 0 Å². The predicted octanol–water partition coefficient (Wildman–Crippen LogP) is 4.08. The van der Waals surface area contributed by atoms with Crippen molar-refractivity contribution in [2.24, 2.45) is 17.3 Å². The molecule has 0 bridgehead atoms. The second kappa shape index (κ2) is 5.61. The van der Waals surface area contributed by atoms with Crippen LogP contribution in [0.5, 0.6) is 0 Å². The van der Waals surface area contributed by atoms with E-state index in [9.17, 15) is 35.9 Å². The molecule has 0 saturated heterocycles. The number of ketones is 2. The van der Waals surface area contributed by atoms with Gasteiger partial charge in [0.15, 0.2) is 0 Å². The first kappa shape index (κ1) is 18.0. The molecule has 2 unspecified atom stereocenters. The number of carbonyl (C=O) groups is 2. The Labute approximate surface area is 117 Å². The van der Waals surface area contributed by atoms with E-state index in [0.29, 0.717) is 0 Å². The monoisotopic (exact) mass is 318 g/mol. The third kappa shape index (κ3) is 4.44. The zero-order valence-electron chi connectivity index (χ0n) is 11.6. The molecule has 1 rings (SSSR count). The molecule has 0 aromatic carbocycles. The fraction of sp³-hybridized carbons (Fsp3) is 0.846. The van der Waals surface area contributed by atoms with Crippen LogP contribution in [0.3, 0.4) is 0 Å². The van der Waals surface area contributed by atoms with E-state index in [1.807, 2.05) is 0 Å². The number of Topliss-reactive ketones (excluding diaryl/α,β-unsaturated/α-hetero) is 2. The molecule has 0 radical (unpaired) electrons. The van der Waals surface area contributed by atoms with E-state index in [0.717, 1.165) is 13.8 Å². The molecular formula is C13H16F6O2. The number of rotatable bonds is 4. The molecule has 0 aromatic rings. The van der Waals surface area contributed by atoms with Gasteiger partial charge in [0.1, 0.15) is 11.6 Å². The van der Waals surface area contributed by atoms with Crippen LogP contribution >= 0.6 is 0 Å². The van der Waals surface area contributed by atoms with E-state index in [4.69, 9.17) is 0 Å². The number of carbonyl (C=O) groups excluding carboxylic acids is 2. The largest absolute Gasteiger partial charge is 0.389 e. The van der Waals surface area contributed by atoms with Crippen LogP contribution in [0.1, 0.15) is 39.5 Å². The van der Waals surface area contributed by atoms with Crippen molar-refractivity contribution in [3.8, 4) is 0 Å². The Bertz CT molecular complexity index is 383. The van der Waals surface area contributed by atoms with Gasteiger partial charge in [-0.05, 0) is 38.5 Å². The number of hydrogen-bond acceptors (Lipinski definition) is 2. The van der Waals surface area contributed by atoms with Crippen molar-refractivity contribution in [1.29, 1.82) is 0 Å². The van der Waals surface area contributed by atoms with Gasteiger partial charge in [-0.15, -0.1) is 0 Å². The van der Waals surface area contributed by atoms with Crippen molar-refractivity contribution in [3.63, 3.8) is 0 Å². The van der Waals surface area contributed by atoms with Crippen LogP contribution in [0, 0.1) is 17.3 Å². The SMILES string of the molecule is CC(=O)C1(C(C)=O)CC(CC(F)(F)F)C(CC(F)(F)F)C1. The van der Waals surface area contributed by atoms with Gasteiger partial charge in [-0.3, -0.25) is 9.59 Å². The third-order valence-electron chi connectivity index (χ3n) is 4.22. The normalized spacial score (nSPS) is 25.9. The highest BCUT2D eigenvalue weighted by Gasteiger charge is 2.55. The summed E-state index contributed by atoms with van der Waals surface area (Å²) in [4.78, 5) is 23.3. The van der Waals surface area contributed by atoms with Crippen molar-refractivity contribution in [2.75, 3.05) is 0 Å². The highest BCUT2D eigenvalue weighted by atomic mass is 19.4. The number of alkyl halides is 6. The Morgan fingerprint density at radius 2 is 1.14 bits per heavy atom. The van der Waals surface area contributed by atoms with Crippen molar-refractivity contribution in [1.82, 2.24) is 0 Å². The van der Waals surface area contributed by atoms with Crippen LogP contribution in [0.4, 0.5) is 26.3 Å². The molecule has 122 valence electrons. The molecule has 1 fully saturated rings. The standard InChI is InChI=1S/C13H16F6O2/c1-7(20)11(8(2)21)3-9(5-12(14,15)16)10(4-11)6-13(17,18)19/h9-10H,3-6H2,1-2H3. The first-order chi connectivity index (χ1) is 9.27. The van der Waals surface area contributed by atoms with Gasteiger partial charge in [0.05, 0.1) is 5.41 Å². The zero-order valence-corrected chi connectivity index (χ0v) is 11.6. The Morgan fingerprint density at radius 3 is 1.33 bits per heavy atom. The lowest BCUT2D eigenvalue weighted by Crippen LogP contribution is -2.34. The Hall–Kier alpha value is -1.08. The summed E-state index contributed by atoms with van der Waals surface area (Å²) in [5.41, 5.74) is -1.70. The number of hydrogen-bond donors (Lipinski definition) is 0. The van der Waals surface area contributed by atoms with E-state index in [2.05, 4.69) is 0 Å². The van der Waals surface area contributed by atoms with E-state index >= 15 is 0 Å². The molecular weight excluding hydrogens is 302 g/mol. The first-order valence-corrected chi connectivity index (χ1v) is 6.42. The van der Waals surface area contributed by atoms with Gasteiger partial charge >= 0.3 is 12.4 Å². The molecule has 21 heavy (non-hydrogen) atoms. The lowest BCUT2D eigenvalue weighted by molar-refractivity contribution is -0.164. The molecule has 8 heteroatoms. The fourth-order valence-corrected chi connectivity index (χ4v) is 3.21. The molecule has 1 aliphatic rings. The van der Waals surface area contributed by atoms with Crippen LogP contribution < -0.4 is 0 Å². The molecule has 0 aliphatic heterocycles. The molecule has 1 saturated carbocycles. The van der Waals surface area contributed by atoms with Crippen LogP contribution in [-0.2, 0) is 9.59 Å². The average molecular weight is 318 g/mol. The maximum Gasteiger partial charge on any atom is 0.389 e. The second-order valence-corrected chi connectivity index (χ2v) is 5.76. The minimum absolute atomic E-state index is 0.460. The quantitative estimate of drug-likeness (QED) is 0.578. The summed E-state index contributed by atoms with van der Waals surface area (Å²) < 4.78 is 75.1. The highest BCUT2D eigenvalue weighted by molar-refractivity contribution is 6.05. The van der Waals surface area contributed by atoms with Gasteiger partial charge in [-0.25, -0.2) is 0 Å². The second-order valence-electron chi connectivity index (χ2n) is 5.76. The predicted molar refractivity (Wildman–Crippen MR) is 61.4 cm³/mol. The lowest BCUT2D eigenvalue weighted by atomic mass is 9.77. The summed E-state index contributed by atoms with van der Waals surface area (Å²) in [6.45, 7) is 2.09. The summed E-state index contributed by atoms with van der Waals surface area (Å²) >= 11 is 0. The molecule has 0 amide bonds. The van der Waals surface area contributed by atoms with E-state index in [1.54, 1.807) is 0 Å². The van der Waals surface area contributed by atoms with E-state index < -0.39 is 66.9 Å². The smallest absolute Gasteiger partial charge is 0.299 e. The summed E-state index contributed by atoms with van der Waals surface area (Å²) in [6, 6.07) is 0. The van der Waals surface area contributed by atoms with Gasteiger partial charge < -0.3 is 0 Å². The van der Waals surface area contributed by atoms with Crippen molar-refractivity contribution >= 4 is 11.6 Å². The maximum atomic E-state index is 12.5. The molecule has 0 spiro atoms. The molecule has 2 atom stereocenters. The highest BCUT2D eigenvalue weighted by Crippen LogP contribution is 2.53. The van der Waals surface area contributed by atoms with Gasteiger partial charge in [-0.2, -0.15) is 26.3 Å². The average Bonchev–Trinajstić information content (AvgIpc) is 2.53. The number of halogens is 6. The van der Waals surface area contributed by atoms with Crippen LogP contribution in [-0.4, -0.2) is 23.9 Å². The minimum Gasteiger partial charge on any atom is -0.299 e. The third-order valence-corrected chi connectivity index (χ3v) is 4.22. The molecule has 2 nitrogen and oxygen atoms in total. The topological polar surface area (TPSA) is 34.1 Å². The Kier molecular flexibility index (Phi) is 4.80. The van der Waals surface area contributed by atoms with Crippen molar-refractivity contribution < 1.29 is 35.9 Å². The summed E-state index contributed by atoms with van der Waals surface area (Å²) in [5, 5.41) is 0. The summed E-state index contributed by atoms with van der Waals surface area (Å²) in [5.74, 6) is -4.04. The van der Waals surface area contributed by atoms with Crippen LogP contribution in [0.25, 0.3) is 0 Å². The molecule has 1 aliphatic carbocycles. The van der Waals surface area contributed by atoms with Gasteiger partial charge in [0.2, 0.25) is 0 Å². The Morgan fingerprint density at radius 1 is 0.857 bits per heavy atom. The minimum atomic E-state index is -4.63. The van der Waals surface area contributed by atoms with Crippen LogP contribution in [0.15, 0.2) is 0 Å². The fourth-order valence-electron chi connectivity index (χ4n) is 3.21. The van der Waals surface area contributed by atoms with Gasteiger partial charge in [0, 0.05) is 12.8 Å². The Balaban J connectivity index is 3.08. The van der Waals surface area contributed by atoms with Crippen molar-refractivity contribution in [2.45, 2.75) is 51.9 Å². The first-order valence-electron chi connectivity index (χ1n) is 6.42. The zero-order chi connectivity index (χ0) is 16.6. The maximum absolute atomic E-state index is 12.5. The van der Waals surface area contributed by atoms with Crippen LogP contribution in [0.2, 0.25) is 0 Å². The summed E-state index contributed by atoms with van der Waals surface area (Å²) in [7, 11) is 0. The molecule has 0 aromatic heterocycles. The van der Waals surface area contributed by atoms with E-state index in [-0.39, 0.29) is 0 Å².